The van der Waals surface area contributed by atoms with Gasteiger partial charge < -0.3 is 5.73 Å². The van der Waals surface area contributed by atoms with Gasteiger partial charge >= 0.3 is 5.69 Å². The van der Waals surface area contributed by atoms with Crippen LogP contribution in [0.5, 0.6) is 0 Å². The molecular formula is C13H11N5OS. The smallest absolute Gasteiger partial charge is 0.320 e. The molecule has 6 nitrogen and oxygen atoms in total. The van der Waals surface area contributed by atoms with Gasteiger partial charge in [0.05, 0.1) is 19.3 Å². The SMILES string of the molecule is NCC#Cc1ccsc1Cn1nc2cnccn2c1=O. The van der Waals surface area contributed by atoms with Crippen molar-refractivity contribution < 1.29 is 0 Å². The molecule has 0 aliphatic heterocycles. The van der Waals surface area contributed by atoms with Gasteiger partial charge in [0.25, 0.3) is 0 Å². The first kappa shape index (κ1) is 12.6. The molecule has 0 amide bonds. The van der Waals surface area contributed by atoms with E-state index in [1.54, 1.807) is 29.9 Å². The zero-order chi connectivity index (χ0) is 13.9. The Kier molecular flexibility index (Phi) is 3.33. The van der Waals surface area contributed by atoms with Crippen LogP contribution < -0.4 is 11.4 Å². The predicted octanol–water partition coefficient (Wildman–Crippen LogP) is 0.311. The molecule has 20 heavy (non-hydrogen) atoms. The summed E-state index contributed by atoms with van der Waals surface area (Å²) in [6, 6.07) is 1.92. The molecule has 7 heteroatoms. The number of rotatable bonds is 2. The molecule has 3 heterocycles. The van der Waals surface area contributed by atoms with Crippen LogP contribution in [0.4, 0.5) is 0 Å². The van der Waals surface area contributed by atoms with E-state index in [1.807, 2.05) is 11.4 Å². The molecule has 3 rings (SSSR count). The zero-order valence-electron chi connectivity index (χ0n) is 10.5. The molecule has 2 N–H and O–H groups in total. The fourth-order valence-corrected chi connectivity index (χ4v) is 2.65. The summed E-state index contributed by atoms with van der Waals surface area (Å²) in [5, 5.41) is 6.19. The van der Waals surface area contributed by atoms with Crippen molar-refractivity contribution in [3.05, 3.63) is 51.0 Å². The Morgan fingerprint density at radius 3 is 3.15 bits per heavy atom. The van der Waals surface area contributed by atoms with Crippen LogP contribution in [0.1, 0.15) is 10.4 Å². The number of aromatic nitrogens is 4. The number of fused-ring (bicyclic) bond motifs is 1. The van der Waals surface area contributed by atoms with Crippen LogP contribution in [-0.2, 0) is 6.54 Å². The van der Waals surface area contributed by atoms with Gasteiger partial charge in [0, 0.05) is 22.8 Å². The molecule has 0 fully saturated rings. The maximum absolute atomic E-state index is 12.2. The van der Waals surface area contributed by atoms with Crippen molar-refractivity contribution in [2.75, 3.05) is 6.54 Å². The van der Waals surface area contributed by atoms with Crippen molar-refractivity contribution in [2.24, 2.45) is 5.73 Å². The Morgan fingerprint density at radius 2 is 2.35 bits per heavy atom. The number of nitrogens with two attached hydrogens (primary N) is 1. The van der Waals surface area contributed by atoms with Crippen molar-refractivity contribution >= 4 is 17.0 Å². The Balaban J connectivity index is 2.00. The highest BCUT2D eigenvalue weighted by atomic mass is 32.1. The molecule has 0 spiro atoms. The summed E-state index contributed by atoms with van der Waals surface area (Å²) in [6.45, 7) is 0.710. The van der Waals surface area contributed by atoms with Crippen LogP contribution in [0.2, 0.25) is 0 Å². The van der Waals surface area contributed by atoms with Gasteiger partial charge in [-0.2, -0.15) is 0 Å². The van der Waals surface area contributed by atoms with Gasteiger partial charge in [-0.05, 0) is 11.4 Å². The van der Waals surface area contributed by atoms with Crippen LogP contribution in [-0.4, -0.2) is 25.7 Å². The van der Waals surface area contributed by atoms with Crippen molar-refractivity contribution in [3.63, 3.8) is 0 Å². The highest BCUT2D eigenvalue weighted by Crippen LogP contribution is 2.16. The molecule has 3 aromatic rings. The van der Waals surface area contributed by atoms with Gasteiger partial charge in [0.2, 0.25) is 0 Å². The average molecular weight is 285 g/mol. The Morgan fingerprint density at radius 1 is 1.45 bits per heavy atom. The molecule has 0 aliphatic rings. The second kappa shape index (κ2) is 5.28. The standard InChI is InChI=1S/C13H11N5OS/c14-4-1-2-10-3-7-20-11(10)9-18-13(19)17-6-5-15-8-12(17)16-18/h3,5-8H,4,9,14H2. The molecule has 0 atom stereocenters. The maximum atomic E-state index is 12.2. The largest absolute Gasteiger partial charge is 0.350 e. The molecular weight excluding hydrogens is 274 g/mol. The first-order valence-corrected chi connectivity index (χ1v) is 6.82. The summed E-state index contributed by atoms with van der Waals surface area (Å²) < 4.78 is 2.88. The number of thiophene rings is 1. The normalized spacial score (nSPS) is 10.4. The molecule has 0 aromatic carbocycles. The minimum absolute atomic E-state index is 0.187. The molecule has 0 saturated heterocycles. The lowest BCUT2D eigenvalue weighted by atomic mass is 10.2. The van der Waals surface area contributed by atoms with E-state index in [9.17, 15) is 4.79 Å². The van der Waals surface area contributed by atoms with Crippen LogP contribution in [0.15, 0.2) is 34.8 Å². The lowest BCUT2D eigenvalue weighted by Crippen LogP contribution is -2.21. The molecule has 3 aromatic heterocycles. The third-order valence-electron chi connectivity index (χ3n) is 2.75. The number of hydrogen-bond acceptors (Lipinski definition) is 5. The van der Waals surface area contributed by atoms with Crippen molar-refractivity contribution in [1.82, 2.24) is 19.2 Å². The van der Waals surface area contributed by atoms with Gasteiger partial charge in [-0.25, -0.2) is 13.9 Å². The molecule has 100 valence electrons. The van der Waals surface area contributed by atoms with Crippen LogP contribution in [0.3, 0.4) is 0 Å². The van der Waals surface area contributed by atoms with E-state index in [4.69, 9.17) is 5.73 Å². The third-order valence-corrected chi connectivity index (χ3v) is 3.66. The fourth-order valence-electron chi connectivity index (χ4n) is 1.84. The lowest BCUT2D eigenvalue weighted by molar-refractivity contribution is 0.665. The Labute approximate surface area is 118 Å². The van der Waals surface area contributed by atoms with Gasteiger partial charge in [0.15, 0.2) is 5.65 Å². The van der Waals surface area contributed by atoms with E-state index < -0.39 is 0 Å². The first-order chi connectivity index (χ1) is 9.79. The Bertz CT molecular complexity index is 864. The first-order valence-electron chi connectivity index (χ1n) is 5.94. The van der Waals surface area contributed by atoms with E-state index in [2.05, 4.69) is 21.9 Å². The zero-order valence-corrected chi connectivity index (χ0v) is 11.3. The van der Waals surface area contributed by atoms with Gasteiger partial charge in [-0.15, -0.1) is 16.4 Å². The second-order valence-electron chi connectivity index (χ2n) is 4.01. The molecule has 0 unspecified atom stereocenters. The minimum atomic E-state index is -0.187. The van der Waals surface area contributed by atoms with Crippen molar-refractivity contribution in [2.45, 2.75) is 6.54 Å². The van der Waals surface area contributed by atoms with E-state index in [0.717, 1.165) is 10.4 Å². The highest BCUT2D eigenvalue weighted by Gasteiger charge is 2.09. The summed E-state index contributed by atoms with van der Waals surface area (Å²) in [5.41, 5.74) is 6.61. The van der Waals surface area contributed by atoms with Crippen LogP contribution in [0.25, 0.3) is 5.65 Å². The lowest BCUT2D eigenvalue weighted by Gasteiger charge is -1.97. The summed E-state index contributed by atoms with van der Waals surface area (Å²) in [7, 11) is 0. The molecule has 0 bridgehead atoms. The topological polar surface area (TPSA) is 78.2 Å². The average Bonchev–Trinajstić information content (AvgIpc) is 3.03. The second-order valence-corrected chi connectivity index (χ2v) is 5.01. The predicted molar refractivity (Wildman–Crippen MR) is 76.6 cm³/mol. The van der Waals surface area contributed by atoms with Crippen molar-refractivity contribution in [3.8, 4) is 11.8 Å². The fraction of sp³-hybridized carbons (Fsp3) is 0.154. The van der Waals surface area contributed by atoms with Gasteiger partial charge in [0.1, 0.15) is 0 Å². The van der Waals surface area contributed by atoms with Crippen molar-refractivity contribution in [1.29, 1.82) is 0 Å². The van der Waals surface area contributed by atoms with E-state index in [1.165, 1.54) is 9.08 Å². The Hall–Kier alpha value is -2.43. The quantitative estimate of drug-likeness (QED) is 0.687. The summed E-state index contributed by atoms with van der Waals surface area (Å²) in [4.78, 5) is 17.1. The van der Waals surface area contributed by atoms with E-state index in [-0.39, 0.29) is 5.69 Å². The van der Waals surface area contributed by atoms with E-state index in [0.29, 0.717) is 18.7 Å². The summed E-state index contributed by atoms with van der Waals surface area (Å²) in [5.74, 6) is 5.82. The van der Waals surface area contributed by atoms with Gasteiger partial charge in [-0.3, -0.25) is 4.98 Å². The minimum Gasteiger partial charge on any atom is -0.320 e. The molecule has 0 radical (unpaired) electrons. The monoisotopic (exact) mass is 285 g/mol. The third kappa shape index (κ3) is 2.22. The van der Waals surface area contributed by atoms with Gasteiger partial charge in [-0.1, -0.05) is 11.8 Å². The van der Waals surface area contributed by atoms with E-state index >= 15 is 0 Å². The molecule has 0 aliphatic carbocycles. The summed E-state index contributed by atoms with van der Waals surface area (Å²) in [6.07, 6.45) is 4.72. The van der Waals surface area contributed by atoms with Crippen LogP contribution in [0, 0.1) is 11.8 Å². The maximum Gasteiger partial charge on any atom is 0.350 e. The molecule has 0 saturated carbocycles. The highest BCUT2D eigenvalue weighted by molar-refractivity contribution is 7.10. The van der Waals surface area contributed by atoms with Crippen LogP contribution >= 0.6 is 11.3 Å². The number of nitrogens with zero attached hydrogens (tertiary/aromatic N) is 4. The summed E-state index contributed by atoms with van der Waals surface area (Å²) >= 11 is 1.55. The number of hydrogen-bond donors (Lipinski definition) is 1.